The van der Waals surface area contributed by atoms with Crippen molar-refractivity contribution in [2.24, 2.45) is 0 Å². The molecule has 0 radical (unpaired) electrons. The second-order valence-corrected chi connectivity index (χ2v) is 25.3. The van der Waals surface area contributed by atoms with Gasteiger partial charge >= 0.3 is 7.82 Å². The molecule has 0 saturated heterocycles. The average molecular weight is 1190 g/mol. The largest absolute Gasteiger partial charge is 0.472 e. The predicted octanol–water partition coefficient (Wildman–Crippen LogP) is 22.0. The van der Waals surface area contributed by atoms with Crippen molar-refractivity contribution in [3.05, 3.63) is 146 Å². The summed E-state index contributed by atoms with van der Waals surface area (Å²) in [5.41, 5.74) is 0. The Hall–Kier alpha value is -3.62. The fourth-order valence-corrected chi connectivity index (χ4v) is 10.00. The normalized spacial score (nSPS) is 14.6. The first kappa shape index (κ1) is 80.4. The topological polar surface area (TPSA) is 105 Å². The van der Waals surface area contributed by atoms with E-state index in [0.717, 1.165) is 122 Å². The molecule has 9 heteroatoms. The van der Waals surface area contributed by atoms with Gasteiger partial charge in [0.1, 0.15) is 13.2 Å². The van der Waals surface area contributed by atoms with Gasteiger partial charge in [-0.15, -0.1) is 0 Å². The predicted molar refractivity (Wildman–Crippen MR) is 368 cm³/mol. The van der Waals surface area contributed by atoms with E-state index in [4.69, 9.17) is 9.05 Å². The Balaban J connectivity index is 4.23. The van der Waals surface area contributed by atoms with Gasteiger partial charge in [-0.3, -0.25) is 13.8 Å². The maximum Gasteiger partial charge on any atom is 0.472 e. The first-order chi connectivity index (χ1) is 41.0. The Morgan fingerprint density at radius 2 is 0.726 bits per heavy atom. The third-order valence-corrected chi connectivity index (χ3v) is 15.5. The summed E-state index contributed by atoms with van der Waals surface area (Å²) in [6.45, 7) is 4.68. The van der Waals surface area contributed by atoms with Gasteiger partial charge in [0, 0.05) is 6.42 Å². The van der Waals surface area contributed by atoms with Crippen LogP contribution < -0.4 is 5.32 Å². The Bertz CT molecular complexity index is 1880. The molecule has 0 spiro atoms. The molecule has 3 N–H and O–H groups in total. The van der Waals surface area contributed by atoms with Gasteiger partial charge in [-0.25, -0.2) is 4.57 Å². The van der Waals surface area contributed by atoms with Crippen LogP contribution in [-0.4, -0.2) is 73.4 Å². The highest BCUT2D eigenvalue weighted by molar-refractivity contribution is 7.47. The van der Waals surface area contributed by atoms with Crippen molar-refractivity contribution in [1.82, 2.24) is 5.32 Å². The molecule has 1 amide bonds. The standard InChI is InChI=1S/C75H129N2O6P/c1-6-8-10-12-14-16-18-20-22-24-26-28-30-32-33-34-35-36-37-38-39-40-41-42-43-45-47-49-51-53-55-57-59-61-63-65-67-69-75(79)76-73(72-83-84(80,81)82-71-70-77(3,4)5)74(78)68-66-64-62-60-58-56-54-52-50-48-46-44-31-29-27-25-23-21-19-17-15-13-11-9-7-2/h8,10,14,16,20,22,26,28,32-33,35-36,38-39,41-42,45,47,51,53,58,60,66,68,73-74,78H,6-7,9,11-13,15,17-19,21,23-25,27,29-31,34,37,40,43-44,46,48-50,52,54-57,59,61-65,67,69-72H2,1-5H3,(H-,76,79,80,81)/p+1/b10-8-,16-14-,22-20-,28-26-,33-32-,36-35-,39-38-,42-41-,47-45-,53-51-,60-58+,68-66+. The van der Waals surface area contributed by atoms with Gasteiger partial charge in [-0.05, 0) is 109 Å². The molecule has 0 aliphatic rings. The van der Waals surface area contributed by atoms with Gasteiger partial charge in [-0.1, -0.05) is 301 Å². The number of hydrogen-bond acceptors (Lipinski definition) is 5. The van der Waals surface area contributed by atoms with E-state index in [2.05, 4.69) is 153 Å². The number of rotatable bonds is 61. The Morgan fingerprint density at radius 3 is 1.10 bits per heavy atom. The third kappa shape index (κ3) is 65.9. The Kier molecular flexibility index (Phi) is 61.1. The molecule has 0 aromatic heterocycles. The molecular formula is C75H130N2O6P+. The van der Waals surface area contributed by atoms with Crippen LogP contribution in [0.15, 0.2) is 146 Å². The smallest absolute Gasteiger partial charge is 0.387 e. The van der Waals surface area contributed by atoms with Gasteiger partial charge in [0.2, 0.25) is 5.91 Å². The summed E-state index contributed by atoms with van der Waals surface area (Å²) >= 11 is 0. The van der Waals surface area contributed by atoms with Crippen LogP contribution in [0.5, 0.6) is 0 Å². The summed E-state index contributed by atoms with van der Waals surface area (Å²) in [6, 6.07) is -0.884. The summed E-state index contributed by atoms with van der Waals surface area (Å²) in [5, 5.41) is 14.0. The monoisotopic (exact) mass is 1190 g/mol. The number of hydrogen-bond donors (Lipinski definition) is 3. The van der Waals surface area contributed by atoms with E-state index in [-0.39, 0.29) is 19.1 Å². The molecule has 0 aliphatic carbocycles. The zero-order chi connectivity index (χ0) is 61.2. The first-order valence-corrected chi connectivity index (χ1v) is 35.7. The van der Waals surface area contributed by atoms with Crippen LogP contribution in [0.4, 0.5) is 0 Å². The van der Waals surface area contributed by atoms with Crippen LogP contribution in [0.25, 0.3) is 0 Å². The van der Waals surface area contributed by atoms with Crippen molar-refractivity contribution in [2.75, 3.05) is 40.9 Å². The number of aliphatic hydroxyl groups is 1. The number of allylic oxidation sites excluding steroid dienone is 23. The first-order valence-electron chi connectivity index (χ1n) is 34.2. The SMILES string of the molecule is CC/C=C\C/C=C\C/C=C\C/C=C\C/C=C\C/C=C\C/C=C\C/C=C\C/C=C\C/C=C\CCCCCCCCC(=O)NC(COP(=O)(O)OCC[N+](C)(C)C)C(O)/C=C/CC/C=C/CCCCCCCCCCCCCCCCCCCCC. The van der Waals surface area contributed by atoms with Crippen LogP contribution in [0, 0.1) is 0 Å². The number of likely N-dealkylation sites (N-methyl/N-ethyl adjacent to an activating group) is 1. The van der Waals surface area contributed by atoms with Crippen molar-refractivity contribution in [3.8, 4) is 0 Å². The molecule has 0 aromatic rings. The number of aliphatic hydroxyl groups excluding tert-OH is 1. The number of unbranched alkanes of at least 4 members (excludes halogenated alkanes) is 26. The lowest BCUT2D eigenvalue weighted by atomic mass is 10.0. The number of phosphoric ester groups is 1. The molecule has 0 heterocycles. The lowest BCUT2D eigenvalue weighted by Gasteiger charge is -2.25. The fraction of sp³-hybridized carbons (Fsp3) is 0.667. The molecule has 0 aliphatic heterocycles. The van der Waals surface area contributed by atoms with Crippen LogP contribution in [0.1, 0.15) is 271 Å². The summed E-state index contributed by atoms with van der Waals surface area (Å²) < 4.78 is 23.8. The third-order valence-electron chi connectivity index (χ3n) is 14.5. The Labute approximate surface area is 519 Å². The van der Waals surface area contributed by atoms with E-state index in [1.165, 1.54) is 128 Å². The van der Waals surface area contributed by atoms with Gasteiger partial charge in [-0.2, -0.15) is 0 Å². The minimum absolute atomic E-state index is 0.0456. The molecule has 84 heavy (non-hydrogen) atoms. The molecule has 0 aromatic carbocycles. The molecule has 480 valence electrons. The molecular weight excluding hydrogens is 1060 g/mol. The summed E-state index contributed by atoms with van der Waals surface area (Å²) in [7, 11) is 1.53. The maximum absolute atomic E-state index is 13.0. The van der Waals surface area contributed by atoms with E-state index in [1.807, 2.05) is 27.2 Å². The number of quaternary nitrogens is 1. The minimum Gasteiger partial charge on any atom is -0.387 e. The molecule has 3 atom stereocenters. The molecule has 3 unspecified atom stereocenters. The van der Waals surface area contributed by atoms with E-state index in [1.54, 1.807) is 6.08 Å². The second-order valence-electron chi connectivity index (χ2n) is 23.8. The number of carbonyl (C=O) groups is 1. The van der Waals surface area contributed by atoms with E-state index >= 15 is 0 Å². The van der Waals surface area contributed by atoms with Crippen LogP contribution in [-0.2, 0) is 18.4 Å². The zero-order valence-corrected chi connectivity index (χ0v) is 55.7. The highest BCUT2D eigenvalue weighted by Crippen LogP contribution is 2.43. The summed E-state index contributed by atoms with van der Waals surface area (Å²) in [5.74, 6) is -0.205. The van der Waals surface area contributed by atoms with Crippen molar-refractivity contribution in [2.45, 2.75) is 283 Å². The molecule has 8 nitrogen and oxygen atoms in total. The van der Waals surface area contributed by atoms with Gasteiger partial charge in [0.05, 0.1) is 39.9 Å². The second kappa shape index (κ2) is 63.9. The lowest BCUT2D eigenvalue weighted by Crippen LogP contribution is -2.45. The van der Waals surface area contributed by atoms with Gasteiger partial charge in [0.15, 0.2) is 0 Å². The minimum atomic E-state index is -4.38. The van der Waals surface area contributed by atoms with E-state index in [0.29, 0.717) is 17.4 Å². The molecule has 0 bridgehead atoms. The average Bonchev–Trinajstić information content (AvgIpc) is 3.56. The quantitative estimate of drug-likeness (QED) is 0.0243. The van der Waals surface area contributed by atoms with Crippen molar-refractivity contribution >= 4 is 13.7 Å². The van der Waals surface area contributed by atoms with E-state index in [9.17, 15) is 19.4 Å². The van der Waals surface area contributed by atoms with Crippen molar-refractivity contribution in [1.29, 1.82) is 0 Å². The highest BCUT2D eigenvalue weighted by atomic mass is 31.2. The number of phosphoric acid groups is 1. The molecule has 0 fully saturated rings. The number of nitrogens with one attached hydrogen (secondary N) is 1. The summed E-state index contributed by atoms with van der Waals surface area (Å²) in [6.07, 6.45) is 98.4. The van der Waals surface area contributed by atoms with Crippen LogP contribution >= 0.6 is 7.82 Å². The lowest BCUT2D eigenvalue weighted by molar-refractivity contribution is -0.870. The highest BCUT2D eigenvalue weighted by Gasteiger charge is 2.27. The number of amides is 1. The number of carbonyl (C=O) groups excluding carboxylic acids is 1. The fourth-order valence-electron chi connectivity index (χ4n) is 9.26. The maximum atomic E-state index is 13.0. The molecule has 0 saturated carbocycles. The van der Waals surface area contributed by atoms with Crippen molar-refractivity contribution in [3.63, 3.8) is 0 Å². The Morgan fingerprint density at radius 1 is 0.417 bits per heavy atom. The van der Waals surface area contributed by atoms with Crippen LogP contribution in [0.3, 0.4) is 0 Å². The molecule has 0 rings (SSSR count). The van der Waals surface area contributed by atoms with E-state index < -0.39 is 20.0 Å². The van der Waals surface area contributed by atoms with Crippen LogP contribution in [0.2, 0.25) is 0 Å². The van der Waals surface area contributed by atoms with Crippen molar-refractivity contribution < 1.29 is 32.9 Å². The van der Waals surface area contributed by atoms with Gasteiger partial charge < -0.3 is 19.8 Å². The summed E-state index contributed by atoms with van der Waals surface area (Å²) in [4.78, 5) is 23.4. The number of nitrogens with zero attached hydrogens (tertiary/aromatic N) is 1. The zero-order valence-electron chi connectivity index (χ0n) is 54.8. The van der Waals surface area contributed by atoms with Gasteiger partial charge in [0.25, 0.3) is 0 Å².